The molecule has 9 heteroatoms. The lowest BCUT2D eigenvalue weighted by molar-refractivity contribution is -0.147. The SMILES string of the molecule is CCC(C(=O)O)C(=O)NC(CNc1cnc2ccccc2c1)Cc1ccc(C(F)(F)F)cc1. The normalized spacial score (nSPS) is 13.3. The molecular formula is C24H24F3N3O3. The van der Waals surface area contributed by atoms with Gasteiger partial charge in [0, 0.05) is 11.9 Å². The number of aliphatic carboxylic acids is 1. The fourth-order valence-electron chi connectivity index (χ4n) is 3.47. The maximum Gasteiger partial charge on any atom is 0.416 e. The second kappa shape index (κ2) is 10.3. The molecule has 0 bridgehead atoms. The largest absolute Gasteiger partial charge is 0.481 e. The number of aromatic nitrogens is 1. The van der Waals surface area contributed by atoms with E-state index < -0.39 is 35.6 Å². The van der Waals surface area contributed by atoms with Crippen molar-refractivity contribution in [3.63, 3.8) is 0 Å². The highest BCUT2D eigenvalue weighted by Crippen LogP contribution is 2.29. The highest BCUT2D eigenvalue weighted by Gasteiger charge is 2.30. The number of hydrogen-bond acceptors (Lipinski definition) is 4. The van der Waals surface area contributed by atoms with Gasteiger partial charge in [0.2, 0.25) is 5.91 Å². The number of benzene rings is 2. The molecule has 2 unspecified atom stereocenters. The van der Waals surface area contributed by atoms with E-state index in [1.807, 2.05) is 30.3 Å². The molecule has 1 aromatic heterocycles. The van der Waals surface area contributed by atoms with E-state index in [4.69, 9.17) is 0 Å². The Hall–Kier alpha value is -3.62. The Morgan fingerprint density at radius 1 is 1.09 bits per heavy atom. The van der Waals surface area contributed by atoms with Crippen molar-refractivity contribution in [1.29, 1.82) is 0 Å². The minimum Gasteiger partial charge on any atom is -0.481 e. The number of nitrogens with one attached hydrogen (secondary N) is 2. The van der Waals surface area contributed by atoms with Crippen molar-refractivity contribution in [2.75, 3.05) is 11.9 Å². The molecule has 1 amide bonds. The van der Waals surface area contributed by atoms with Crippen molar-refractivity contribution in [2.45, 2.75) is 32.0 Å². The summed E-state index contributed by atoms with van der Waals surface area (Å²) in [6.45, 7) is 1.82. The third kappa shape index (κ3) is 6.44. The molecule has 3 N–H and O–H groups in total. The third-order valence-electron chi connectivity index (χ3n) is 5.28. The number of fused-ring (bicyclic) bond motifs is 1. The van der Waals surface area contributed by atoms with Gasteiger partial charge in [-0.25, -0.2) is 0 Å². The number of pyridine rings is 1. The summed E-state index contributed by atoms with van der Waals surface area (Å²) in [4.78, 5) is 28.2. The van der Waals surface area contributed by atoms with Crippen LogP contribution in [0.1, 0.15) is 24.5 Å². The first kappa shape index (κ1) is 24.0. The highest BCUT2D eigenvalue weighted by atomic mass is 19.4. The Labute approximate surface area is 188 Å². The molecule has 33 heavy (non-hydrogen) atoms. The predicted octanol–water partition coefficient (Wildman–Crippen LogP) is 4.50. The first-order valence-corrected chi connectivity index (χ1v) is 10.5. The summed E-state index contributed by atoms with van der Waals surface area (Å²) in [6, 6.07) is 13.6. The fraction of sp³-hybridized carbons (Fsp3) is 0.292. The molecule has 1 heterocycles. The average molecular weight is 459 g/mol. The van der Waals surface area contributed by atoms with Gasteiger partial charge in [-0.05, 0) is 42.7 Å². The van der Waals surface area contributed by atoms with E-state index in [0.29, 0.717) is 11.3 Å². The lowest BCUT2D eigenvalue weighted by atomic mass is 10.0. The summed E-state index contributed by atoms with van der Waals surface area (Å²) in [5, 5.41) is 16.1. The number of para-hydroxylation sites is 1. The molecule has 0 aliphatic heterocycles. The maximum absolute atomic E-state index is 12.8. The van der Waals surface area contributed by atoms with Gasteiger partial charge in [0.25, 0.3) is 0 Å². The molecule has 0 aliphatic carbocycles. The minimum absolute atomic E-state index is 0.121. The molecule has 0 fully saturated rings. The van der Waals surface area contributed by atoms with Crippen molar-refractivity contribution in [1.82, 2.24) is 10.3 Å². The summed E-state index contributed by atoms with van der Waals surface area (Å²) in [5.41, 5.74) is 1.34. The second-order valence-corrected chi connectivity index (χ2v) is 7.70. The third-order valence-corrected chi connectivity index (χ3v) is 5.28. The van der Waals surface area contributed by atoms with Crippen LogP contribution in [0.2, 0.25) is 0 Å². The number of rotatable bonds is 9. The highest BCUT2D eigenvalue weighted by molar-refractivity contribution is 5.97. The standard InChI is InChI=1S/C24H24F3N3O3/c1-2-20(23(32)33)22(31)30-19(11-15-7-9-17(10-8-15)24(25,26)27)14-28-18-12-16-5-3-4-6-21(16)29-13-18/h3-10,12-13,19-20,28H,2,11,14H2,1H3,(H,30,31)(H,32,33). The van der Waals surface area contributed by atoms with E-state index in [1.165, 1.54) is 12.1 Å². The lowest BCUT2D eigenvalue weighted by Gasteiger charge is -2.22. The monoisotopic (exact) mass is 459 g/mol. The molecular weight excluding hydrogens is 435 g/mol. The summed E-state index contributed by atoms with van der Waals surface area (Å²) in [6.07, 6.45) is -2.46. The molecule has 3 rings (SSSR count). The molecule has 0 spiro atoms. The van der Waals surface area contributed by atoms with Crippen LogP contribution in [0.25, 0.3) is 10.9 Å². The van der Waals surface area contributed by atoms with E-state index in [1.54, 1.807) is 13.1 Å². The van der Waals surface area contributed by atoms with Crippen LogP contribution in [0, 0.1) is 5.92 Å². The molecule has 6 nitrogen and oxygen atoms in total. The summed E-state index contributed by atoms with van der Waals surface area (Å²) < 4.78 is 38.5. The van der Waals surface area contributed by atoms with Crippen LogP contribution in [0.4, 0.5) is 18.9 Å². The number of carbonyl (C=O) groups excluding carboxylic acids is 1. The summed E-state index contributed by atoms with van der Waals surface area (Å²) in [5.74, 6) is -3.07. The van der Waals surface area contributed by atoms with Crippen molar-refractivity contribution < 1.29 is 27.9 Å². The number of hydrogen-bond donors (Lipinski definition) is 3. The van der Waals surface area contributed by atoms with E-state index in [9.17, 15) is 27.9 Å². The van der Waals surface area contributed by atoms with Gasteiger partial charge in [-0.2, -0.15) is 13.2 Å². The first-order chi connectivity index (χ1) is 15.7. The van der Waals surface area contributed by atoms with Crippen LogP contribution in [0.5, 0.6) is 0 Å². The van der Waals surface area contributed by atoms with Crippen molar-refractivity contribution in [2.24, 2.45) is 5.92 Å². The van der Waals surface area contributed by atoms with Crippen LogP contribution in [-0.4, -0.2) is 34.6 Å². The molecule has 2 atom stereocenters. The molecule has 3 aromatic rings. The smallest absolute Gasteiger partial charge is 0.416 e. The zero-order valence-electron chi connectivity index (χ0n) is 17.9. The van der Waals surface area contributed by atoms with Gasteiger partial charge >= 0.3 is 12.1 Å². The van der Waals surface area contributed by atoms with Crippen LogP contribution in [0.15, 0.2) is 60.8 Å². The Balaban J connectivity index is 1.76. The van der Waals surface area contributed by atoms with E-state index in [2.05, 4.69) is 15.6 Å². The Morgan fingerprint density at radius 3 is 2.42 bits per heavy atom. The van der Waals surface area contributed by atoms with Crippen molar-refractivity contribution in [3.8, 4) is 0 Å². The lowest BCUT2D eigenvalue weighted by Crippen LogP contribution is -2.45. The topological polar surface area (TPSA) is 91.3 Å². The predicted molar refractivity (Wildman–Crippen MR) is 119 cm³/mol. The summed E-state index contributed by atoms with van der Waals surface area (Å²) >= 11 is 0. The molecule has 0 saturated heterocycles. The van der Waals surface area contributed by atoms with Gasteiger partial charge in [-0.15, -0.1) is 0 Å². The van der Waals surface area contributed by atoms with Gasteiger partial charge < -0.3 is 15.7 Å². The van der Waals surface area contributed by atoms with Crippen LogP contribution in [0.3, 0.4) is 0 Å². The summed E-state index contributed by atoms with van der Waals surface area (Å²) in [7, 11) is 0. The van der Waals surface area contributed by atoms with Crippen molar-refractivity contribution >= 4 is 28.5 Å². The quantitative estimate of drug-likeness (QED) is 0.410. The Bertz CT molecular complexity index is 1120. The number of nitrogens with zero attached hydrogens (tertiary/aromatic N) is 1. The Morgan fingerprint density at radius 2 is 1.79 bits per heavy atom. The zero-order valence-corrected chi connectivity index (χ0v) is 17.9. The zero-order chi connectivity index (χ0) is 24.0. The number of amides is 1. The number of carbonyl (C=O) groups is 2. The van der Waals surface area contributed by atoms with E-state index in [0.717, 1.165) is 23.0 Å². The van der Waals surface area contributed by atoms with Crippen LogP contribution >= 0.6 is 0 Å². The molecule has 0 saturated carbocycles. The molecule has 0 radical (unpaired) electrons. The van der Waals surface area contributed by atoms with Gasteiger partial charge in [-0.1, -0.05) is 37.3 Å². The maximum atomic E-state index is 12.8. The first-order valence-electron chi connectivity index (χ1n) is 10.5. The number of carboxylic acids is 1. The molecule has 2 aromatic carbocycles. The minimum atomic E-state index is -4.44. The van der Waals surface area contributed by atoms with E-state index in [-0.39, 0.29) is 19.4 Å². The Kier molecular flexibility index (Phi) is 7.52. The molecule has 174 valence electrons. The second-order valence-electron chi connectivity index (χ2n) is 7.70. The van der Waals surface area contributed by atoms with Gasteiger partial charge in [0.05, 0.1) is 29.0 Å². The van der Waals surface area contributed by atoms with Gasteiger partial charge in [0.1, 0.15) is 5.92 Å². The number of anilines is 1. The fourth-order valence-corrected chi connectivity index (χ4v) is 3.47. The number of halogens is 3. The van der Waals surface area contributed by atoms with Gasteiger partial charge in [0.15, 0.2) is 0 Å². The number of carboxylic acid groups (broad SMARTS) is 1. The van der Waals surface area contributed by atoms with Gasteiger partial charge in [-0.3, -0.25) is 14.6 Å². The van der Waals surface area contributed by atoms with Crippen molar-refractivity contribution in [3.05, 3.63) is 71.9 Å². The number of alkyl halides is 3. The van der Waals surface area contributed by atoms with Crippen LogP contribution in [-0.2, 0) is 22.2 Å². The molecule has 0 aliphatic rings. The van der Waals surface area contributed by atoms with E-state index >= 15 is 0 Å². The van der Waals surface area contributed by atoms with Crippen LogP contribution < -0.4 is 10.6 Å². The average Bonchev–Trinajstić information content (AvgIpc) is 2.77.